The smallest absolute Gasteiger partial charge is 0.416 e. The Kier molecular flexibility index (Phi) is 5.48. The van der Waals surface area contributed by atoms with E-state index in [2.05, 4.69) is 0 Å². The van der Waals surface area contributed by atoms with Gasteiger partial charge in [-0.2, -0.15) is 13.2 Å². The van der Waals surface area contributed by atoms with Crippen molar-refractivity contribution >= 4 is 11.9 Å². The number of aliphatic carboxylic acids is 1. The Hall–Kier alpha value is -2.09. The van der Waals surface area contributed by atoms with Gasteiger partial charge in [-0.05, 0) is 18.1 Å². The molecule has 0 spiro atoms. The first kappa shape index (κ1) is 18.3. The predicted octanol–water partition coefficient (Wildman–Crippen LogP) is 2.51. The fourth-order valence-corrected chi connectivity index (χ4v) is 2.70. The van der Waals surface area contributed by atoms with Gasteiger partial charge in [-0.15, -0.1) is 0 Å². The Morgan fingerprint density at radius 1 is 1.42 bits per heavy atom. The highest BCUT2D eigenvalue weighted by atomic mass is 19.4. The molecule has 132 valence electrons. The summed E-state index contributed by atoms with van der Waals surface area (Å²) in [4.78, 5) is 25.0. The largest absolute Gasteiger partial charge is 0.479 e. The topological polar surface area (TPSA) is 66.8 Å². The fourth-order valence-electron chi connectivity index (χ4n) is 2.70. The number of morpholine rings is 1. The number of benzene rings is 1. The zero-order valence-corrected chi connectivity index (χ0v) is 13.0. The maximum Gasteiger partial charge on any atom is 0.416 e. The van der Waals surface area contributed by atoms with E-state index in [0.29, 0.717) is 6.42 Å². The Labute approximate surface area is 137 Å². The van der Waals surface area contributed by atoms with Crippen LogP contribution >= 0.6 is 0 Å². The van der Waals surface area contributed by atoms with Crippen LogP contribution in [0.1, 0.15) is 30.4 Å². The molecule has 24 heavy (non-hydrogen) atoms. The highest BCUT2D eigenvalue weighted by molar-refractivity contribution is 5.84. The summed E-state index contributed by atoms with van der Waals surface area (Å²) >= 11 is 0. The van der Waals surface area contributed by atoms with Crippen LogP contribution in [0, 0.1) is 0 Å². The summed E-state index contributed by atoms with van der Waals surface area (Å²) in [7, 11) is 0. The highest BCUT2D eigenvalue weighted by Gasteiger charge is 2.34. The Morgan fingerprint density at radius 2 is 2.12 bits per heavy atom. The minimum absolute atomic E-state index is 0.0851. The monoisotopic (exact) mass is 345 g/mol. The lowest BCUT2D eigenvalue weighted by atomic mass is 9.93. The number of hydrogen-bond donors (Lipinski definition) is 1. The zero-order valence-electron chi connectivity index (χ0n) is 13.0. The van der Waals surface area contributed by atoms with Crippen molar-refractivity contribution in [2.45, 2.75) is 31.5 Å². The second-order valence-electron chi connectivity index (χ2n) is 5.57. The van der Waals surface area contributed by atoms with Crippen LogP contribution < -0.4 is 0 Å². The van der Waals surface area contributed by atoms with Gasteiger partial charge in [-0.1, -0.05) is 25.1 Å². The van der Waals surface area contributed by atoms with E-state index in [1.165, 1.54) is 17.0 Å². The number of carboxylic acid groups (broad SMARTS) is 1. The third kappa shape index (κ3) is 4.05. The Bertz CT molecular complexity index is 618. The van der Waals surface area contributed by atoms with E-state index in [9.17, 15) is 22.8 Å². The van der Waals surface area contributed by atoms with Gasteiger partial charge in [0.15, 0.2) is 6.10 Å². The second-order valence-corrected chi connectivity index (χ2v) is 5.57. The van der Waals surface area contributed by atoms with E-state index >= 15 is 0 Å². The molecule has 2 rings (SSSR count). The number of hydrogen-bond acceptors (Lipinski definition) is 3. The van der Waals surface area contributed by atoms with Crippen LogP contribution in [0.3, 0.4) is 0 Å². The maximum atomic E-state index is 12.9. The lowest BCUT2D eigenvalue weighted by Crippen LogP contribution is -2.49. The molecule has 0 aromatic heterocycles. The van der Waals surface area contributed by atoms with Crippen molar-refractivity contribution in [2.75, 3.05) is 19.7 Å². The van der Waals surface area contributed by atoms with E-state index in [1.54, 1.807) is 6.92 Å². The molecule has 1 aromatic carbocycles. The molecular weight excluding hydrogens is 327 g/mol. The number of rotatable bonds is 4. The molecule has 1 aromatic rings. The molecule has 0 unspecified atom stereocenters. The lowest BCUT2D eigenvalue weighted by Gasteiger charge is -2.33. The molecule has 1 amide bonds. The molecule has 0 radical (unpaired) electrons. The first-order valence-electron chi connectivity index (χ1n) is 7.54. The minimum atomic E-state index is -4.48. The molecule has 1 heterocycles. The molecule has 5 nitrogen and oxygen atoms in total. The van der Waals surface area contributed by atoms with Crippen molar-refractivity contribution in [3.8, 4) is 0 Å². The average Bonchev–Trinajstić information content (AvgIpc) is 2.55. The zero-order chi connectivity index (χ0) is 17.9. The van der Waals surface area contributed by atoms with E-state index < -0.39 is 29.7 Å². The van der Waals surface area contributed by atoms with Crippen molar-refractivity contribution in [3.05, 3.63) is 35.4 Å². The van der Waals surface area contributed by atoms with Crippen molar-refractivity contribution in [2.24, 2.45) is 0 Å². The molecule has 2 atom stereocenters. The molecule has 1 N–H and O–H groups in total. The molecule has 8 heteroatoms. The minimum Gasteiger partial charge on any atom is -0.479 e. The van der Waals surface area contributed by atoms with Gasteiger partial charge in [-0.3, -0.25) is 4.79 Å². The van der Waals surface area contributed by atoms with E-state index in [0.717, 1.165) is 12.1 Å². The van der Waals surface area contributed by atoms with E-state index in [-0.39, 0.29) is 31.2 Å². The van der Waals surface area contributed by atoms with Crippen molar-refractivity contribution in [1.82, 2.24) is 4.90 Å². The molecule has 0 saturated carbocycles. The first-order chi connectivity index (χ1) is 11.2. The number of carbonyl (C=O) groups is 2. The van der Waals surface area contributed by atoms with Crippen LogP contribution in [0.25, 0.3) is 0 Å². The normalized spacial score (nSPS) is 19.8. The molecule has 1 fully saturated rings. The van der Waals surface area contributed by atoms with Gasteiger partial charge in [0.05, 0.1) is 24.6 Å². The Morgan fingerprint density at radius 3 is 2.71 bits per heavy atom. The van der Waals surface area contributed by atoms with E-state index in [1.807, 2.05) is 0 Å². The first-order valence-corrected chi connectivity index (χ1v) is 7.54. The molecule has 1 saturated heterocycles. The standard InChI is InChI=1S/C16H18F3NO4/c1-2-12(10-4-3-5-11(8-10)16(17,18)19)14(21)20-6-7-24-13(9-20)15(22)23/h3-5,8,12-13H,2,6-7,9H2,1H3,(H,22,23)/t12-,13+/m1/s1. The van der Waals surface area contributed by atoms with Crippen LogP contribution in [-0.4, -0.2) is 47.7 Å². The van der Waals surface area contributed by atoms with Crippen molar-refractivity contribution < 1.29 is 32.6 Å². The van der Waals surface area contributed by atoms with Crippen LogP contribution in [0.4, 0.5) is 13.2 Å². The quantitative estimate of drug-likeness (QED) is 0.911. The van der Waals surface area contributed by atoms with Crippen molar-refractivity contribution in [3.63, 3.8) is 0 Å². The van der Waals surface area contributed by atoms with Crippen LogP contribution in [0.15, 0.2) is 24.3 Å². The molecule has 0 aliphatic carbocycles. The summed E-state index contributed by atoms with van der Waals surface area (Å²) in [5, 5.41) is 8.99. The van der Waals surface area contributed by atoms with Gasteiger partial charge in [0, 0.05) is 6.54 Å². The van der Waals surface area contributed by atoms with Gasteiger partial charge >= 0.3 is 12.1 Å². The number of ether oxygens (including phenoxy) is 1. The molecule has 0 bridgehead atoms. The van der Waals surface area contributed by atoms with Crippen LogP contribution in [-0.2, 0) is 20.5 Å². The number of alkyl halides is 3. The second kappa shape index (κ2) is 7.21. The Balaban J connectivity index is 2.21. The third-order valence-electron chi connectivity index (χ3n) is 3.98. The van der Waals surface area contributed by atoms with Gasteiger partial charge < -0.3 is 14.7 Å². The predicted molar refractivity (Wildman–Crippen MR) is 78.4 cm³/mol. The lowest BCUT2D eigenvalue weighted by molar-refractivity contribution is -0.159. The summed E-state index contributed by atoms with van der Waals surface area (Å²) in [6, 6.07) is 4.68. The summed E-state index contributed by atoms with van der Waals surface area (Å²) in [5.74, 6) is -2.30. The van der Waals surface area contributed by atoms with Crippen LogP contribution in [0.2, 0.25) is 0 Å². The fraction of sp³-hybridized carbons (Fsp3) is 0.500. The van der Waals surface area contributed by atoms with Crippen LogP contribution in [0.5, 0.6) is 0 Å². The maximum absolute atomic E-state index is 12.9. The summed E-state index contributed by atoms with van der Waals surface area (Å²) in [6.45, 7) is 1.90. The molecule has 1 aliphatic rings. The molecular formula is C16H18F3NO4. The molecule has 1 aliphatic heterocycles. The number of halogens is 3. The SMILES string of the molecule is CC[C@@H](C(=O)N1CCO[C@H](C(=O)O)C1)c1cccc(C(F)(F)F)c1. The average molecular weight is 345 g/mol. The van der Waals surface area contributed by atoms with Gasteiger partial charge in [0.2, 0.25) is 5.91 Å². The summed E-state index contributed by atoms with van der Waals surface area (Å²) in [5.41, 5.74) is -0.535. The summed E-state index contributed by atoms with van der Waals surface area (Å²) < 4.78 is 43.6. The van der Waals surface area contributed by atoms with Gasteiger partial charge in [0.25, 0.3) is 0 Å². The summed E-state index contributed by atoms with van der Waals surface area (Å²) in [6.07, 6.45) is -5.28. The van der Waals surface area contributed by atoms with Gasteiger partial charge in [-0.25, -0.2) is 4.79 Å². The third-order valence-corrected chi connectivity index (χ3v) is 3.98. The van der Waals surface area contributed by atoms with E-state index in [4.69, 9.17) is 9.84 Å². The number of carboxylic acids is 1. The van der Waals surface area contributed by atoms with Gasteiger partial charge in [0.1, 0.15) is 0 Å². The number of amides is 1. The number of carbonyl (C=O) groups excluding carboxylic acids is 1. The van der Waals surface area contributed by atoms with Crippen molar-refractivity contribution in [1.29, 1.82) is 0 Å². The highest BCUT2D eigenvalue weighted by Crippen LogP contribution is 2.32. The number of nitrogens with zero attached hydrogens (tertiary/aromatic N) is 1.